The van der Waals surface area contributed by atoms with Gasteiger partial charge in [-0.3, -0.25) is 14.9 Å². The second-order valence-corrected chi connectivity index (χ2v) is 6.21. The molecule has 0 aliphatic carbocycles. The van der Waals surface area contributed by atoms with Crippen LogP contribution in [0.25, 0.3) is 0 Å². The van der Waals surface area contributed by atoms with E-state index in [0.29, 0.717) is 0 Å². The first-order chi connectivity index (χ1) is 10.2. The first kappa shape index (κ1) is 18.1. The molecule has 1 rings (SSSR count). The van der Waals surface area contributed by atoms with Gasteiger partial charge in [0, 0.05) is 6.04 Å². The summed E-state index contributed by atoms with van der Waals surface area (Å²) in [6.45, 7) is 7.80. The lowest BCUT2D eigenvalue weighted by Crippen LogP contribution is -2.34. The molecule has 6 nitrogen and oxygen atoms in total. The highest BCUT2D eigenvalue weighted by atomic mass is 16.6. The molecule has 2 N–H and O–H groups in total. The average Bonchev–Trinajstić information content (AvgIpc) is 2.42. The molecule has 6 heteroatoms. The maximum atomic E-state index is 11.9. The number of hydrogen-bond acceptors (Lipinski definition) is 6. The third kappa shape index (κ3) is 6.24. The Morgan fingerprint density at radius 3 is 2.77 bits per heavy atom. The number of nitrogens with zero attached hydrogens (tertiary/aromatic N) is 2. The molecule has 122 valence electrons. The van der Waals surface area contributed by atoms with Crippen molar-refractivity contribution in [1.29, 1.82) is 0 Å². The van der Waals surface area contributed by atoms with Crippen LogP contribution in [0.4, 0.5) is 0 Å². The summed E-state index contributed by atoms with van der Waals surface area (Å²) in [5.41, 5.74) is 3.16. The zero-order valence-corrected chi connectivity index (χ0v) is 13.8. The number of hydrazone groups is 1. The van der Waals surface area contributed by atoms with Gasteiger partial charge in [-0.2, -0.15) is 10.7 Å². The lowest BCUT2D eigenvalue weighted by molar-refractivity contribution is -0.156. The van der Waals surface area contributed by atoms with Crippen LogP contribution in [-0.4, -0.2) is 41.5 Å². The van der Waals surface area contributed by atoms with Gasteiger partial charge < -0.3 is 4.74 Å². The number of nitrogens with one attached hydrogen (secondary N) is 1. The minimum absolute atomic E-state index is 0.0444. The molecule has 0 spiro atoms. The van der Waals surface area contributed by atoms with Gasteiger partial charge in [0.15, 0.2) is 0 Å². The molecule has 22 heavy (non-hydrogen) atoms. The Bertz CT molecular complexity index is 524. The van der Waals surface area contributed by atoms with Crippen LogP contribution in [0.3, 0.4) is 0 Å². The smallest absolute Gasteiger partial charge is 0.320 e. The van der Waals surface area contributed by atoms with E-state index in [0.717, 1.165) is 11.1 Å². The van der Waals surface area contributed by atoms with Gasteiger partial charge in [0.05, 0.1) is 12.8 Å². The lowest BCUT2D eigenvalue weighted by atomic mass is 10.0. The first-order valence-corrected chi connectivity index (χ1v) is 7.17. The Labute approximate surface area is 131 Å². The number of hydrogen-bond donors (Lipinski definition) is 2. The van der Waals surface area contributed by atoms with Gasteiger partial charge in [-0.25, -0.2) is 0 Å². The van der Waals surface area contributed by atoms with Crippen molar-refractivity contribution in [1.82, 2.24) is 10.5 Å². The van der Waals surface area contributed by atoms with Crippen molar-refractivity contribution in [2.24, 2.45) is 5.10 Å². The molecular weight excluding hydrogens is 282 g/mol. The Balaban J connectivity index is 2.72. The Morgan fingerprint density at radius 1 is 1.50 bits per heavy atom. The Kier molecular flexibility index (Phi) is 6.52. The second kappa shape index (κ2) is 7.91. The lowest BCUT2D eigenvalue weighted by Gasteiger charge is -2.26. The summed E-state index contributed by atoms with van der Waals surface area (Å²) in [6, 6.07) is 7.77. The van der Waals surface area contributed by atoms with Crippen molar-refractivity contribution >= 4 is 12.2 Å². The number of likely N-dealkylation sites (N-methyl/N-ethyl adjacent to an activating group) is 1. The standard InChI is InChI=1S/C16H25N3O3/c1-12(19(5)11-15(20)22-16(2,3)4)14-8-6-7-13(9-14)10-17-18-21/h6-10,12,18,21H,11H2,1-5H3/b17-10-/t12-/m0/s1. The van der Waals surface area contributed by atoms with Gasteiger partial charge in [-0.1, -0.05) is 18.2 Å². The number of carbonyl (C=O) groups excluding carboxylic acids is 1. The molecule has 0 saturated heterocycles. The molecule has 0 aliphatic heterocycles. The van der Waals surface area contributed by atoms with Gasteiger partial charge in [-0.05, 0) is 51.9 Å². The molecule has 1 aromatic carbocycles. The molecule has 0 bridgehead atoms. The summed E-state index contributed by atoms with van der Waals surface area (Å²) in [5.74, 6) is -0.246. The molecule has 0 unspecified atom stereocenters. The number of rotatable bonds is 6. The summed E-state index contributed by atoms with van der Waals surface area (Å²) in [7, 11) is 1.88. The third-order valence-electron chi connectivity index (χ3n) is 3.12. The molecule has 0 saturated carbocycles. The van der Waals surface area contributed by atoms with Gasteiger partial charge in [0.2, 0.25) is 0 Å². The minimum Gasteiger partial charge on any atom is -0.459 e. The minimum atomic E-state index is -0.477. The molecule has 0 amide bonds. The Morgan fingerprint density at radius 2 is 2.18 bits per heavy atom. The fourth-order valence-electron chi connectivity index (χ4n) is 1.97. The van der Waals surface area contributed by atoms with E-state index in [2.05, 4.69) is 5.10 Å². The maximum Gasteiger partial charge on any atom is 0.320 e. The van der Waals surface area contributed by atoms with E-state index in [4.69, 9.17) is 9.94 Å². The predicted molar refractivity (Wildman–Crippen MR) is 85.8 cm³/mol. The van der Waals surface area contributed by atoms with E-state index in [-0.39, 0.29) is 18.6 Å². The summed E-state index contributed by atoms with van der Waals surface area (Å²) >= 11 is 0. The van der Waals surface area contributed by atoms with Crippen molar-refractivity contribution in [3.05, 3.63) is 35.4 Å². The highest BCUT2D eigenvalue weighted by molar-refractivity contribution is 5.79. The second-order valence-electron chi connectivity index (χ2n) is 6.21. The predicted octanol–water partition coefficient (Wildman–Crippen LogP) is 2.33. The van der Waals surface area contributed by atoms with Crippen molar-refractivity contribution in [3.8, 4) is 0 Å². The largest absolute Gasteiger partial charge is 0.459 e. The molecule has 0 aliphatic rings. The van der Waals surface area contributed by atoms with Crippen LogP contribution in [0.5, 0.6) is 0 Å². The molecule has 0 heterocycles. The van der Waals surface area contributed by atoms with Crippen LogP contribution in [0.2, 0.25) is 0 Å². The summed E-state index contributed by atoms with van der Waals surface area (Å²) in [6.07, 6.45) is 1.52. The molecule has 0 radical (unpaired) electrons. The van der Waals surface area contributed by atoms with Crippen LogP contribution in [0.15, 0.2) is 29.4 Å². The zero-order valence-electron chi connectivity index (χ0n) is 13.8. The van der Waals surface area contributed by atoms with Crippen LogP contribution in [0.1, 0.15) is 44.9 Å². The highest BCUT2D eigenvalue weighted by Gasteiger charge is 2.20. The van der Waals surface area contributed by atoms with Crippen molar-refractivity contribution in [2.45, 2.75) is 39.3 Å². The van der Waals surface area contributed by atoms with Crippen LogP contribution >= 0.6 is 0 Å². The zero-order chi connectivity index (χ0) is 16.8. The maximum absolute atomic E-state index is 11.9. The van der Waals surface area contributed by atoms with Crippen LogP contribution in [0, 0.1) is 0 Å². The number of carbonyl (C=O) groups is 1. The van der Waals surface area contributed by atoms with E-state index in [1.807, 2.05) is 63.9 Å². The van der Waals surface area contributed by atoms with E-state index >= 15 is 0 Å². The quantitative estimate of drug-likeness (QED) is 0.479. The van der Waals surface area contributed by atoms with Crippen molar-refractivity contribution in [2.75, 3.05) is 13.6 Å². The fraction of sp³-hybridized carbons (Fsp3) is 0.500. The van der Waals surface area contributed by atoms with Gasteiger partial charge in [-0.15, -0.1) is 0 Å². The topological polar surface area (TPSA) is 74.2 Å². The highest BCUT2D eigenvalue weighted by Crippen LogP contribution is 2.19. The first-order valence-electron chi connectivity index (χ1n) is 7.17. The normalized spacial score (nSPS) is 13.4. The van der Waals surface area contributed by atoms with Gasteiger partial charge >= 0.3 is 5.97 Å². The van der Waals surface area contributed by atoms with E-state index in [9.17, 15) is 4.79 Å². The third-order valence-corrected chi connectivity index (χ3v) is 3.12. The number of esters is 1. The Hall–Kier alpha value is -1.92. The van der Waals surface area contributed by atoms with Gasteiger partial charge in [0.1, 0.15) is 5.60 Å². The fourth-order valence-corrected chi connectivity index (χ4v) is 1.97. The molecule has 1 atom stereocenters. The summed E-state index contributed by atoms with van der Waals surface area (Å²) < 4.78 is 5.33. The molecular formula is C16H25N3O3. The monoisotopic (exact) mass is 307 g/mol. The number of benzene rings is 1. The van der Waals surface area contributed by atoms with E-state index in [1.54, 1.807) is 5.59 Å². The molecule has 1 aromatic rings. The average molecular weight is 307 g/mol. The van der Waals surface area contributed by atoms with Crippen LogP contribution < -0.4 is 5.59 Å². The molecule has 0 aromatic heterocycles. The van der Waals surface area contributed by atoms with Crippen molar-refractivity contribution in [3.63, 3.8) is 0 Å². The van der Waals surface area contributed by atoms with E-state index in [1.165, 1.54) is 6.21 Å². The summed E-state index contributed by atoms with van der Waals surface area (Å²) in [4.78, 5) is 13.8. The summed E-state index contributed by atoms with van der Waals surface area (Å²) in [5, 5.41) is 12.0. The van der Waals surface area contributed by atoms with Gasteiger partial charge in [0.25, 0.3) is 0 Å². The molecule has 0 fully saturated rings. The number of ether oxygens (including phenoxy) is 1. The van der Waals surface area contributed by atoms with Crippen LogP contribution in [-0.2, 0) is 9.53 Å². The van der Waals surface area contributed by atoms with Crippen molar-refractivity contribution < 1.29 is 14.7 Å². The van der Waals surface area contributed by atoms with E-state index < -0.39 is 5.60 Å². The SMILES string of the molecule is C[C@@H](c1cccc(/C=N\NO)c1)N(C)CC(=O)OC(C)(C)C.